The van der Waals surface area contributed by atoms with Crippen LogP contribution in [-0.2, 0) is 5.54 Å². The van der Waals surface area contributed by atoms with E-state index in [0.29, 0.717) is 21.7 Å². The minimum Gasteiger partial charge on any atom is -0.508 e. The Morgan fingerprint density at radius 3 is 2.67 bits per heavy atom. The molecule has 1 amide bonds. The number of nitrogens with two attached hydrogens (primary N) is 2. The lowest BCUT2D eigenvalue weighted by Gasteiger charge is -2.40. The molecule has 0 radical (unpaired) electrons. The quantitative estimate of drug-likeness (QED) is 0.620. The van der Waals surface area contributed by atoms with Gasteiger partial charge in [-0.05, 0) is 36.8 Å². The van der Waals surface area contributed by atoms with Crippen LogP contribution < -0.4 is 16.4 Å². The van der Waals surface area contributed by atoms with Crippen molar-refractivity contribution in [2.24, 2.45) is 11.5 Å². The van der Waals surface area contributed by atoms with Crippen molar-refractivity contribution >= 4 is 34.2 Å². The van der Waals surface area contributed by atoms with Crippen LogP contribution in [0.1, 0.15) is 22.8 Å². The molecule has 1 atom stereocenters. The average molecular weight is 386 g/mol. The van der Waals surface area contributed by atoms with Gasteiger partial charge in [0.15, 0.2) is 0 Å². The van der Waals surface area contributed by atoms with Gasteiger partial charge >= 0.3 is 0 Å². The van der Waals surface area contributed by atoms with Crippen molar-refractivity contribution in [3.63, 3.8) is 0 Å². The zero-order valence-electron chi connectivity index (χ0n) is 15.0. The van der Waals surface area contributed by atoms with Gasteiger partial charge in [-0.3, -0.25) is 4.79 Å². The van der Waals surface area contributed by atoms with Gasteiger partial charge in [0.1, 0.15) is 17.9 Å². The number of fused-ring (bicyclic) bond motifs is 1. The van der Waals surface area contributed by atoms with Crippen molar-refractivity contribution in [3.8, 4) is 5.75 Å². The molecule has 27 heavy (non-hydrogen) atoms. The zero-order chi connectivity index (χ0) is 19.8. The fourth-order valence-electron chi connectivity index (χ4n) is 3.10. The third kappa shape index (κ3) is 3.27. The van der Waals surface area contributed by atoms with E-state index in [1.165, 1.54) is 18.5 Å². The third-order valence-electron chi connectivity index (χ3n) is 4.87. The molecule has 0 spiro atoms. The molecule has 0 aliphatic carbocycles. The zero-order valence-corrected chi connectivity index (χ0v) is 15.7. The summed E-state index contributed by atoms with van der Waals surface area (Å²) in [5.41, 5.74) is 12.3. The second-order valence-electron chi connectivity index (χ2n) is 6.50. The number of amides is 1. The van der Waals surface area contributed by atoms with E-state index in [2.05, 4.69) is 9.97 Å². The van der Waals surface area contributed by atoms with Gasteiger partial charge in [-0.1, -0.05) is 23.7 Å². The molecule has 2 aromatic carbocycles. The van der Waals surface area contributed by atoms with Crippen LogP contribution in [0.2, 0.25) is 5.02 Å². The molecule has 3 rings (SSSR count). The number of anilines is 1. The van der Waals surface area contributed by atoms with Crippen molar-refractivity contribution in [1.29, 1.82) is 0 Å². The Balaban J connectivity index is 2.23. The summed E-state index contributed by atoms with van der Waals surface area (Å²) in [7, 11) is 1.84. The van der Waals surface area contributed by atoms with Crippen LogP contribution in [0.3, 0.4) is 0 Å². The summed E-state index contributed by atoms with van der Waals surface area (Å²) >= 11 is 6.16. The molecule has 3 aromatic rings. The summed E-state index contributed by atoms with van der Waals surface area (Å²) in [5.74, 6) is -0.274. The molecule has 0 fully saturated rings. The number of nitrogens with zero attached hydrogens (tertiary/aromatic N) is 3. The highest BCUT2D eigenvalue weighted by Crippen LogP contribution is 2.36. The maximum Gasteiger partial charge on any atom is 0.251 e. The average Bonchev–Trinajstić information content (AvgIpc) is 2.65. The maximum atomic E-state index is 11.8. The van der Waals surface area contributed by atoms with E-state index >= 15 is 0 Å². The van der Waals surface area contributed by atoms with Crippen LogP contribution in [0.4, 0.5) is 5.82 Å². The summed E-state index contributed by atoms with van der Waals surface area (Å²) in [6.07, 6.45) is 1.35. The molecule has 7 nitrogen and oxygen atoms in total. The number of hydrogen-bond donors (Lipinski definition) is 3. The Hall–Kier alpha value is -2.90. The number of phenols is 1. The molecule has 0 saturated carbocycles. The molecule has 140 valence electrons. The van der Waals surface area contributed by atoms with Crippen LogP contribution in [0.25, 0.3) is 10.9 Å². The van der Waals surface area contributed by atoms with E-state index in [0.717, 1.165) is 5.56 Å². The molecule has 0 saturated heterocycles. The number of primary amides is 1. The van der Waals surface area contributed by atoms with E-state index in [1.54, 1.807) is 6.07 Å². The maximum absolute atomic E-state index is 11.8. The number of hydrogen-bond acceptors (Lipinski definition) is 6. The number of carbonyl (C=O) groups excluding carboxylic acids is 1. The predicted octanol–water partition coefficient (Wildman–Crippen LogP) is 2.40. The van der Waals surface area contributed by atoms with E-state index in [4.69, 9.17) is 23.1 Å². The Kier molecular flexibility index (Phi) is 4.91. The lowest BCUT2D eigenvalue weighted by Crippen LogP contribution is -2.47. The largest absolute Gasteiger partial charge is 0.508 e. The van der Waals surface area contributed by atoms with Gasteiger partial charge in [0.25, 0.3) is 5.91 Å². The van der Waals surface area contributed by atoms with E-state index in [1.807, 2.05) is 37.1 Å². The SMILES string of the molecule is CN(c1ncnc2c(C(N)=O)cc(O)cc12)C(C)(CN)c1cccc(Cl)c1. The lowest BCUT2D eigenvalue weighted by atomic mass is 9.90. The lowest BCUT2D eigenvalue weighted by molar-refractivity contribution is 0.100. The smallest absolute Gasteiger partial charge is 0.251 e. The summed E-state index contributed by atoms with van der Waals surface area (Å²) < 4.78 is 0. The Bertz CT molecular complexity index is 1030. The number of halogens is 1. The number of phenolic OH excluding ortho intramolecular Hbond substituents is 1. The Morgan fingerprint density at radius 2 is 2.04 bits per heavy atom. The summed E-state index contributed by atoms with van der Waals surface area (Å²) in [5, 5.41) is 11.2. The van der Waals surface area contributed by atoms with Crippen molar-refractivity contribution in [2.75, 3.05) is 18.5 Å². The van der Waals surface area contributed by atoms with Gasteiger partial charge in [0.2, 0.25) is 0 Å². The Morgan fingerprint density at radius 1 is 1.30 bits per heavy atom. The first kappa shape index (κ1) is 18.9. The number of likely N-dealkylation sites (N-methyl/N-ethyl adjacent to an activating group) is 1. The third-order valence-corrected chi connectivity index (χ3v) is 5.10. The number of benzene rings is 2. The first-order chi connectivity index (χ1) is 12.8. The molecular formula is C19H20ClN5O2. The number of aromatic nitrogens is 2. The second-order valence-corrected chi connectivity index (χ2v) is 6.93. The van der Waals surface area contributed by atoms with Gasteiger partial charge in [0.05, 0.1) is 16.6 Å². The molecule has 0 aliphatic heterocycles. The topological polar surface area (TPSA) is 118 Å². The van der Waals surface area contributed by atoms with Gasteiger partial charge < -0.3 is 21.5 Å². The summed E-state index contributed by atoms with van der Waals surface area (Å²) in [6, 6.07) is 10.2. The summed E-state index contributed by atoms with van der Waals surface area (Å²) in [6.45, 7) is 2.24. The number of rotatable bonds is 5. The molecular weight excluding hydrogens is 366 g/mol. The monoisotopic (exact) mass is 385 g/mol. The van der Waals surface area contributed by atoms with Crippen molar-refractivity contribution in [1.82, 2.24) is 9.97 Å². The highest BCUT2D eigenvalue weighted by atomic mass is 35.5. The van der Waals surface area contributed by atoms with Crippen molar-refractivity contribution in [2.45, 2.75) is 12.5 Å². The van der Waals surface area contributed by atoms with E-state index in [9.17, 15) is 9.90 Å². The van der Waals surface area contributed by atoms with Crippen LogP contribution in [-0.4, -0.2) is 34.6 Å². The normalized spacial score (nSPS) is 13.3. The number of carbonyl (C=O) groups is 1. The van der Waals surface area contributed by atoms with Crippen molar-refractivity contribution < 1.29 is 9.90 Å². The molecule has 5 N–H and O–H groups in total. The van der Waals surface area contributed by atoms with Crippen LogP contribution in [0, 0.1) is 0 Å². The predicted molar refractivity (Wildman–Crippen MR) is 106 cm³/mol. The van der Waals surface area contributed by atoms with Gasteiger partial charge in [0, 0.05) is 24.0 Å². The fraction of sp³-hybridized carbons (Fsp3) is 0.211. The second kappa shape index (κ2) is 7.02. The standard InChI is InChI=1S/C19H20ClN5O2/c1-19(9-21,11-4-3-5-12(20)6-11)25(2)18-15-8-13(26)7-14(17(22)27)16(15)23-10-24-18/h3-8,10,26H,9,21H2,1-2H3,(H2,22,27). The molecule has 0 aliphatic rings. The van der Waals surface area contributed by atoms with Crippen LogP contribution >= 0.6 is 11.6 Å². The Labute approximate surface area is 161 Å². The van der Waals surface area contributed by atoms with Gasteiger partial charge in [-0.2, -0.15) is 0 Å². The van der Waals surface area contributed by atoms with Crippen LogP contribution in [0.5, 0.6) is 5.75 Å². The van der Waals surface area contributed by atoms with Crippen LogP contribution in [0.15, 0.2) is 42.7 Å². The molecule has 0 bridgehead atoms. The van der Waals surface area contributed by atoms with E-state index < -0.39 is 11.4 Å². The minimum absolute atomic E-state index is 0.0991. The minimum atomic E-state index is -0.681. The number of aromatic hydroxyl groups is 1. The van der Waals surface area contributed by atoms with Crippen molar-refractivity contribution in [3.05, 3.63) is 58.9 Å². The summed E-state index contributed by atoms with van der Waals surface area (Å²) in [4.78, 5) is 22.2. The fourth-order valence-corrected chi connectivity index (χ4v) is 3.29. The highest BCUT2D eigenvalue weighted by Gasteiger charge is 2.32. The first-order valence-electron chi connectivity index (χ1n) is 8.25. The van der Waals surface area contributed by atoms with Gasteiger partial charge in [-0.15, -0.1) is 0 Å². The molecule has 1 heterocycles. The highest BCUT2D eigenvalue weighted by molar-refractivity contribution is 6.30. The molecule has 8 heteroatoms. The molecule has 1 aromatic heterocycles. The van der Waals surface area contributed by atoms with E-state index in [-0.39, 0.29) is 17.9 Å². The molecule has 1 unspecified atom stereocenters. The van der Waals surface area contributed by atoms with Gasteiger partial charge in [-0.25, -0.2) is 9.97 Å². The first-order valence-corrected chi connectivity index (χ1v) is 8.63.